The first-order valence-electron chi connectivity index (χ1n) is 5.69. The molecule has 1 N–H and O–H groups in total. The van der Waals surface area contributed by atoms with E-state index in [2.05, 4.69) is 65.2 Å². The van der Waals surface area contributed by atoms with Crippen molar-refractivity contribution < 1.29 is 5.11 Å². The van der Waals surface area contributed by atoms with Gasteiger partial charge in [-0.2, -0.15) is 0 Å². The van der Waals surface area contributed by atoms with Crippen molar-refractivity contribution in [3.05, 3.63) is 55.3 Å². The highest BCUT2D eigenvalue weighted by Gasteiger charge is 2.13. The summed E-state index contributed by atoms with van der Waals surface area (Å²) in [5, 5.41) is 12.3. The molecule has 1 unspecified atom stereocenters. The Labute approximate surface area is 120 Å². The normalized spacial score (nSPS) is 12.6. The molecule has 0 radical (unpaired) electrons. The third kappa shape index (κ3) is 3.30. The highest BCUT2D eigenvalue weighted by atomic mass is 127. The summed E-state index contributed by atoms with van der Waals surface area (Å²) < 4.78 is 1.23. The van der Waals surface area contributed by atoms with Crippen molar-refractivity contribution in [2.24, 2.45) is 0 Å². The number of thiophene rings is 1. The Hall–Kier alpha value is -0.390. The third-order valence-corrected chi connectivity index (χ3v) is 4.59. The number of hydrogen-bond acceptors (Lipinski definition) is 2. The van der Waals surface area contributed by atoms with Gasteiger partial charge in [-0.25, -0.2) is 0 Å². The molecule has 0 fully saturated rings. The number of aryl methyl sites for hydroxylation is 1. The van der Waals surface area contributed by atoms with Gasteiger partial charge < -0.3 is 5.11 Å². The topological polar surface area (TPSA) is 20.2 Å². The van der Waals surface area contributed by atoms with Gasteiger partial charge in [-0.15, -0.1) is 11.3 Å². The molecule has 1 atom stereocenters. The molecule has 1 aromatic carbocycles. The molecule has 17 heavy (non-hydrogen) atoms. The Morgan fingerprint density at radius 3 is 2.59 bits per heavy atom. The van der Waals surface area contributed by atoms with Crippen molar-refractivity contribution in [3.8, 4) is 0 Å². The van der Waals surface area contributed by atoms with Crippen LogP contribution in [-0.4, -0.2) is 5.11 Å². The lowest BCUT2D eigenvalue weighted by molar-refractivity contribution is 0.181. The van der Waals surface area contributed by atoms with E-state index in [-0.39, 0.29) is 6.10 Å². The van der Waals surface area contributed by atoms with Crippen molar-refractivity contribution >= 4 is 33.9 Å². The fourth-order valence-corrected chi connectivity index (χ4v) is 3.21. The summed E-state index contributed by atoms with van der Waals surface area (Å²) in [4.78, 5) is 1.12. The van der Waals surface area contributed by atoms with Crippen molar-refractivity contribution in [1.29, 1.82) is 0 Å². The smallest absolute Gasteiger partial charge is 0.0924 e. The van der Waals surface area contributed by atoms with E-state index in [0.717, 1.165) is 11.3 Å². The average molecular weight is 358 g/mol. The second kappa shape index (κ2) is 5.98. The molecule has 0 aliphatic carbocycles. The summed E-state index contributed by atoms with van der Waals surface area (Å²) in [5.74, 6) is 0. The van der Waals surface area contributed by atoms with Gasteiger partial charge in [0.1, 0.15) is 0 Å². The van der Waals surface area contributed by atoms with Gasteiger partial charge in [0.25, 0.3) is 0 Å². The van der Waals surface area contributed by atoms with Gasteiger partial charge in [0.2, 0.25) is 0 Å². The standard InChI is InChI=1S/C14H15IOS/c1-2-11-7-8-17-14(11)13(16)9-10-3-5-12(15)6-4-10/h3-8,13,16H,2,9H2,1H3. The summed E-state index contributed by atoms with van der Waals surface area (Å²) in [6.07, 6.45) is 1.32. The number of aliphatic hydroxyl groups is 1. The van der Waals surface area contributed by atoms with Crippen LogP contribution in [0, 0.1) is 3.57 Å². The van der Waals surface area contributed by atoms with Crippen LogP contribution in [0.5, 0.6) is 0 Å². The van der Waals surface area contributed by atoms with Crippen LogP contribution in [0.25, 0.3) is 0 Å². The van der Waals surface area contributed by atoms with Gasteiger partial charge >= 0.3 is 0 Å². The summed E-state index contributed by atoms with van der Waals surface area (Å²) in [7, 11) is 0. The van der Waals surface area contributed by atoms with Crippen LogP contribution in [0.2, 0.25) is 0 Å². The Kier molecular flexibility index (Phi) is 4.59. The van der Waals surface area contributed by atoms with Gasteiger partial charge in [-0.3, -0.25) is 0 Å². The lowest BCUT2D eigenvalue weighted by Crippen LogP contribution is -2.02. The second-order valence-electron chi connectivity index (χ2n) is 4.01. The van der Waals surface area contributed by atoms with Crippen molar-refractivity contribution in [1.82, 2.24) is 0 Å². The van der Waals surface area contributed by atoms with Crippen LogP contribution < -0.4 is 0 Å². The number of rotatable bonds is 4. The number of benzene rings is 1. The van der Waals surface area contributed by atoms with E-state index < -0.39 is 0 Å². The van der Waals surface area contributed by atoms with Crippen molar-refractivity contribution in [3.63, 3.8) is 0 Å². The molecule has 1 heterocycles. The van der Waals surface area contributed by atoms with Gasteiger partial charge in [-0.05, 0) is 63.7 Å². The van der Waals surface area contributed by atoms with Crippen LogP contribution in [0.1, 0.15) is 29.0 Å². The lowest BCUT2D eigenvalue weighted by Gasteiger charge is -2.11. The summed E-state index contributed by atoms with van der Waals surface area (Å²) >= 11 is 3.94. The quantitative estimate of drug-likeness (QED) is 0.813. The minimum absolute atomic E-state index is 0.370. The SMILES string of the molecule is CCc1ccsc1C(O)Cc1ccc(I)cc1. The Bertz CT molecular complexity index is 475. The van der Waals surface area contributed by atoms with E-state index in [0.29, 0.717) is 6.42 Å². The van der Waals surface area contributed by atoms with Gasteiger partial charge in [0.05, 0.1) is 6.10 Å². The van der Waals surface area contributed by atoms with E-state index in [9.17, 15) is 5.11 Å². The maximum Gasteiger partial charge on any atom is 0.0924 e. The predicted molar refractivity (Wildman–Crippen MR) is 81.5 cm³/mol. The molecule has 1 nitrogen and oxygen atoms in total. The summed E-state index contributed by atoms with van der Waals surface area (Å²) in [5.41, 5.74) is 2.46. The zero-order chi connectivity index (χ0) is 12.3. The maximum atomic E-state index is 10.3. The Morgan fingerprint density at radius 2 is 1.94 bits per heavy atom. The van der Waals surface area contributed by atoms with E-state index in [1.54, 1.807) is 11.3 Å². The highest BCUT2D eigenvalue weighted by Crippen LogP contribution is 2.27. The largest absolute Gasteiger partial charge is 0.387 e. The molecule has 3 heteroatoms. The number of halogens is 1. The van der Waals surface area contributed by atoms with Gasteiger partial charge in [-0.1, -0.05) is 19.1 Å². The fraction of sp³-hybridized carbons (Fsp3) is 0.286. The third-order valence-electron chi connectivity index (χ3n) is 2.81. The van der Waals surface area contributed by atoms with Crippen LogP contribution in [0.4, 0.5) is 0 Å². The lowest BCUT2D eigenvalue weighted by atomic mass is 10.0. The first kappa shape index (κ1) is 13.1. The first-order valence-corrected chi connectivity index (χ1v) is 7.65. The van der Waals surface area contributed by atoms with E-state index in [1.807, 2.05) is 0 Å². The highest BCUT2D eigenvalue weighted by molar-refractivity contribution is 14.1. The zero-order valence-corrected chi connectivity index (χ0v) is 12.7. The molecule has 1 aromatic heterocycles. The number of aliphatic hydroxyl groups excluding tert-OH is 1. The molecule has 2 rings (SSSR count). The second-order valence-corrected chi connectivity index (χ2v) is 6.20. The van der Waals surface area contributed by atoms with Crippen molar-refractivity contribution in [2.75, 3.05) is 0 Å². The molecule has 0 amide bonds. The fourth-order valence-electron chi connectivity index (χ4n) is 1.87. The Morgan fingerprint density at radius 1 is 1.24 bits per heavy atom. The molecule has 90 valence electrons. The molecule has 2 aromatic rings. The van der Waals surface area contributed by atoms with Gasteiger partial charge in [0.15, 0.2) is 0 Å². The molecular formula is C14H15IOS. The van der Waals surface area contributed by atoms with E-state index in [1.165, 1.54) is 14.7 Å². The van der Waals surface area contributed by atoms with Gasteiger partial charge in [0, 0.05) is 14.9 Å². The molecule has 0 saturated heterocycles. The molecule has 0 saturated carbocycles. The first-order chi connectivity index (χ1) is 8.20. The van der Waals surface area contributed by atoms with Crippen LogP contribution in [-0.2, 0) is 12.8 Å². The minimum Gasteiger partial charge on any atom is -0.387 e. The average Bonchev–Trinajstić information content (AvgIpc) is 2.80. The van der Waals surface area contributed by atoms with Crippen LogP contribution in [0.3, 0.4) is 0 Å². The Balaban J connectivity index is 2.11. The summed E-state index contributed by atoms with van der Waals surface area (Å²) in [6.45, 7) is 2.13. The molecule has 0 bridgehead atoms. The van der Waals surface area contributed by atoms with Crippen LogP contribution in [0.15, 0.2) is 35.7 Å². The minimum atomic E-state index is -0.370. The molecule has 0 aliphatic heterocycles. The summed E-state index contributed by atoms with van der Waals surface area (Å²) in [6, 6.07) is 10.4. The zero-order valence-electron chi connectivity index (χ0n) is 9.69. The van der Waals surface area contributed by atoms with E-state index in [4.69, 9.17) is 0 Å². The number of hydrogen-bond donors (Lipinski definition) is 1. The van der Waals surface area contributed by atoms with E-state index >= 15 is 0 Å². The van der Waals surface area contributed by atoms with Crippen molar-refractivity contribution in [2.45, 2.75) is 25.9 Å². The predicted octanol–water partition coefficient (Wildman–Crippen LogP) is 4.19. The molecular weight excluding hydrogens is 343 g/mol. The molecule has 0 aliphatic rings. The monoisotopic (exact) mass is 358 g/mol. The molecule has 0 spiro atoms. The van der Waals surface area contributed by atoms with Crippen LogP contribution >= 0.6 is 33.9 Å². The maximum absolute atomic E-state index is 10.3.